The van der Waals surface area contributed by atoms with E-state index in [1.54, 1.807) is 7.11 Å². The Labute approximate surface area is 171 Å². The van der Waals surface area contributed by atoms with E-state index >= 15 is 0 Å². The summed E-state index contributed by atoms with van der Waals surface area (Å²) in [7, 11) is 1.67. The number of nitrogens with zero attached hydrogens (tertiary/aromatic N) is 4. The number of ether oxygens (including phenoxy) is 1. The molecule has 1 N–H and O–H groups in total. The molecule has 29 heavy (non-hydrogen) atoms. The predicted molar refractivity (Wildman–Crippen MR) is 115 cm³/mol. The van der Waals surface area contributed by atoms with Gasteiger partial charge in [-0.2, -0.15) is 0 Å². The van der Waals surface area contributed by atoms with E-state index in [9.17, 15) is 0 Å². The first-order valence-electron chi connectivity index (χ1n) is 10.4. The average Bonchev–Trinajstić information content (AvgIpc) is 3.53. The molecule has 3 heterocycles. The fraction of sp³-hybridized carbons (Fsp3) is 0.435. The summed E-state index contributed by atoms with van der Waals surface area (Å²) in [6.07, 6.45) is 8.74. The van der Waals surface area contributed by atoms with Crippen molar-refractivity contribution in [1.29, 1.82) is 0 Å². The van der Waals surface area contributed by atoms with Crippen molar-refractivity contribution in [3.63, 3.8) is 0 Å². The van der Waals surface area contributed by atoms with Crippen molar-refractivity contribution in [2.45, 2.75) is 44.2 Å². The van der Waals surface area contributed by atoms with E-state index in [1.165, 1.54) is 25.8 Å². The van der Waals surface area contributed by atoms with Gasteiger partial charge in [0.2, 0.25) is 0 Å². The Kier molecular flexibility index (Phi) is 4.59. The second-order valence-corrected chi connectivity index (χ2v) is 8.47. The summed E-state index contributed by atoms with van der Waals surface area (Å²) in [4.78, 5) is 7.00. The van der Waals surface area contributed by atoms with E-state index in [1.807, 2.05) is 42.7 Å². The van der Waals surface area contributed by atoms with Gasteiger partial charge in [-0.15, -0.1) is 10.2 Å². The van der Waals surface area contributed by atoms with Gasteiger partial charge in [0.1, 0.15) is 11.4 Å². The molecular weight excluding hydrogens is 362 g/mol. The van der Waals surface area contributed by atoms with Crippen molar-refractivity contribution >= 4 is 16.6 Å². The standard InChI is InChI=1S/C23H27N5O/c1-23(10-11-23)28-13-3-4-17(15-28)25-22-20-14-24-12-9-19(20)21(26-27-22)16-5-7-18(29-2)8-6-16/h5-9,12,14,17H,3-4,10-11,13,15H2,1-2H3,(H,25,27). The number of benzene rings is 1. The predicted octanol–water partition coefficient (Wildman–Crippen LogP) is 4.13. The summed E-state index contributed by atoms with van der Waals surface area (Å²) >= 11 is 0. The lowest BCUT2D eigenvalue weighted by Crippen LogP contribution is -2.47. The molecule has 1 atom stereocenters. The quantitative estimate of drug-likeness (QED) is 0.708. The van der Waals surface area contributed by atoms with Crippen LogP contribution < -0.4 is 10.1 Å². The minimum absolute atomic E-state index is 0.394. The molecule has 150 valence electrons. The molecule has 2 fully saturated rings. The van der Waals surface area contributed by atoms with Crippen molar-refractivity contribution in [3.8, 4) is 17.0 Å². The lowest BCUT2D eigenvalue weighted by atomic mass is 10.0. The maximum atomic E-state index is 5.27. The fourth-order valence-corrected chi connectivity index (χ4v) is 4.34. The van der Waals surface area contributed by atoms with Gasteiger partial charge < -0.3 is 10.1 Å². The number of anilines is 1. The molecule has 2 aliphatic rings. The first-order valence-corrected chi connectivity index (χ1v) is 10.4. The molecule has 1 aliphatic heterocycles. The van der Waals surface area contributed by atoms with Crippen molar-refractivity contribution < 1.29 is 4.74 Å². The molecule has 0 bridgehead atoms. The third-order valence-electron chi connectivity index (χ3n) is 6.44. The van der Waals surface area contributed by atoms with Crippen LogP contribution in [0.1, 0.15) is 32.6 Å². The molecule has 5 rings (SSSR count). The van der Waals surface area contributed by atoms with Crippen LogP contribution in [0, 0.1) is 0 Å². The van der Waals surface area contributed by atoms with Crippen LogP contribution in [-0.4, -0.2) is 51.9 Å². The second kappa shape index (κ2) is 7.26. The summed E-state index contributed by atoms with van der Waals surface area (Å²) in [6, 6.07) is 10.4. The average molecular weight is 390 g/mol. The molecule has 1 saturated carbocycles. The molecule has 6 heteroatoms. The highest BCUT2D eigenvalue weighted by molar-refractivity contribution is 5.99. The number of hydrogen-bond donors (Lipinski definition) is 1. The number of rotatable bonds is 5. The van der Waals surface area contributed by atoms with Gasteiger partial charge >= 0.3 is 0 Å². The van der Waals surface area contributed by atoms with Gasteiger partial charge in [0.25, 0.3) is 0 Å². The highest BCUT2D eigenvalue weighted by Crippen LogP contribution is 2.42. The highest BCUT2D eigenvalue weighted by atomic mass is 16.5. The van der Waals surface area contributed by atoms with E-state index < -0.39 is 0 Å². The van der Waals surface area contributed by atoms with Crippen molar-refractivity contribution in [3.05, 3.63) is 42.7 Å². The minimum Gasteiger partial charge on any atom is -0.497 e. The zero-order valence-electron chi connectivity index (χ0n) is 17.1. The lowest BCUT2D eigenvalue weighted by Gasteiger charge is -2.37. The zero-order chi connectivity index (χ0) is 19.8. The molecule has 2 aromatic heterocycles. The van der Waals surface area contributed by atoms with Crippen molar-refractivity contribution in [2.75, 3.05) is 25.5 Å². The zero-order valence-corrected chi connectivity index (χ0v) is 17.1. The van der Waals surface area contributed by atoms with Gasteiger partial charge in [0.05, 0.1) is 7.11 Å². The first kappa shape index (κ1) is 18.3. The van der Waals surface area contributed by atoms with Crippen LogP contribution in [-0.2, 0) is 0 Å². The summed E-state index contributed by atoms with van der Waals surface area (Å²) in [5, 5.41) is 14.9. The number of nitrogens with one attached hydrogen (secondary N) is 1. The van der Waals surface area contributed by atoms with Crippen LogP contribution in [0.25, 0.3) is 22.0 Å². The molecule has 1 aliphatic carbocycles. The van der Waals surface area contributed by atoms with Crippen molar-refractivity contribution in [1.82, 2.24) is 20.1 Å². The molecular formula is C23H27N5O. The van der Waals surface area contributed by atoms with Gasteiger partial charge in [-0.1, -0.05) is 0 Å². The van der Waals surface area contributed by atoms with E-state index in [-0.39, 0.29) is 0 Å². The van der Waals surface area contributed by atoms with Crippen molar-refractivity contribution in [2.24, 2.45) is 0 Å². The van der Waals surface area contributed by atoms with Crippen LogP contribution in [0.3, 0.4) is 0 Å². The van der Waals surface area contributed by atoms with Gasteiger partial charge in [0, 0.05) is 46.9 Å². The van der Waals surface area contributed by atoms with Crippen LogP contribution in [0.2, 0.25) is 0 Å². The van der Waals surface area contributed by atoms with Gasteiger partial charge in [-0.3, -0.25) is 9.88 Å². The summed E-state index contributed by atoms with van der Waals surface area (Å²) < 4.78 is 5.27. The van der Waals surface area contributed by atoms with Crippen LogP contribution >= 0.6 is 0 Å². The Morgan fingerprint density at radius 3 is 2.69 bits per heavy atom. The largest absolute Gasteiger partial charge is 0.497 e. The Morgan fingerprint density at radius 1 is 1.10 bits per heavy atom. The summed E-state index contributed by atoms with van der Waals surface area (Å²) in [6.45, 7) is 4.66. The smallest absolute Gasteiger partial charge is 0.158 e. The van der Waals surface area contributed by atoms with Gasteiger partial charge in [-0.25, -0.2) is 0 Å². The molecule has 3 aromatic rings. The third-order valence-corrected chi connectivity index (χ3v) is 6.44. The van der Waals surface area contributed by atoms with E-state index in [0.29, 0.717) is 11.6 Å². The Bertz CT molecular complexity index is 1020. The first-order chi connectivity index (χ1) is 14.2. The Morgan fingerprint density at radius 2 is 1.93 bits per heavy atom. The number of likely N-dealkylation sites (tertiary alicyclic amines) is 1. The topological polar surface area (TPSA) is 63.2 Å². The van der Waals surface area contributed by atoms with Crippen LogP contribution in [0.4, 0.5) is 5.82 Å². The Hall–Kier alpha value is -2.73. The SMILES string of the molecule is COc1ccc(-c2nnc(NC3CCCN(C4(C)CC4)C3)c3cnccc23)cc1. The monoisotopic (exact) mass is 389 g/mol. The maximum Gasteiger partial charge on any atom is 0.158 e. The van der Waals surface area contributed by atoms with E-state index in [4.69, 9.17) is 4.74 Å². The number of aromatic nitrogens is 3. The third kappa shape index (κ3) is 3.53. The van der Waals surface area contributed by atoms with Gasteiger partial charge in [0.15, 0.2) is 5.82 Å². The Balaban J connectivity index is 1.44. The lowest BCUT2D eigenvalue weighted by molar-refractivity contribution is 0.149. The molecule has 1 aromatic carbocycles. The van der Waals surface area contributed by atoms with E-state index in [2.05, 4.69) is 32.3 Å². The van der Waals surface area contributed by atoms with Gasteiger partial charge in [-0.05, 0) is 69.5 Å². The summed E-state index contributed by atoms with van der Waals surface area (Å²) in [5.74, 6) is 1.66. The molecule has 6 nitrogen and oxygen atoms in total. The highest BCUT2D eigenvalue weighted by Gasteiger charge is 2.44. The number of pyridine rings is 1. The van der Waals surface area contributed by atoms with Crippen LogP contribution in [0.15, 0.2) is 42.7 Å². The second-order valence-electron chi connectivity index (χ2n) is 8.47. The number of hydrogen-bond acceptors (Lipinski definition) is 6. The normalized spacial score (nSPS) is 21.1. The number of piperidine rings is 1. The number of methoxy groups -OCH3 is 1. The molecule has 0 spiro atoms. The molecule has 1 saturated heterocycles. The minimum atomic E-state index is 0.394. The molecule has 1 unspecified atom stereocenters. The van der Waals surface area contributed by atoms with E-state index in [0.717, 1.165) is 46.6 Å². The summed E-state index contributed by atoms with van der Waals surface area (Å²) in [5.41, 5.74) is 2.31. The number of fused-ring (bicyclic) bond motifs is 1. The van der Waals surface area contributed by atoms with Crippen LogP contribution in [0.5, 0.6) is 5.75 Å². The fourth-order valence-electron chi connectivity index (χ4n) is 4.34. The maximum absolute atomic E-state index is 5.27. The molecule has 0 radical (unpaired) electrons. The molecule has 0 amide bonds.